The Kier molecular flexibility index (Phi) is 5.41. The van der Waals surface area contributed by atoms with Gasteiger partial charge in [-0.05, 0) is 47.7 Å². The van der Waals surface area contributed by atoms with Crippen LogP contribution >= 0.6 is 23.2 Å². The van der Waals surface area contributed by atoms with E-state index in [2.05, 4.69) is 13.8 Å². The van der Waals surface area contributed by atoms with E-state index in [9.17, 15) is 9.59 Å². The molecule has 0 fully saturated rings. The first-order valence-corrected chi connectivity index (χ1v) is 10.6. The topological polar surface area (TPSA) is 46.6 Å². The van der Waals surface area contributed by atoms with Gasteiger partial charge in [-0.15, -0.1) is 0 Å². The molecule has 0 saturated carbocycles. The molecule has 1 aliphatic heterocycles. The zero-order valence-electron chi connectivity index (χ0n) is 17.2. The van der Waals surface area contributed by atoms with Crippen LogP contribution in [-0.2, 0) is 9.59 Å². The van der Waals surface area contributed by atoms with Crippen molar-refractivity contribution in [1.29, 1.82) is 0 Å². The molecule has 30 heavy (non-hydrogen) atoms. The summed E-state index contributed by atoms with van der Waals surface area (Å²) >= 11 is 12.5. The highest BCUT2D eigenvalue weighted by Gasteiger charge is 2.44. The highest BCUT2D eigenvalue weighted by atomic mass is 35.5. The van der Waals surface area contributed by atoms with Crippen LogP contribution in [0.5, 0.6) is 5.75 Å². The summed E-state index contributed by atoms with van der Waals surface area (Å²) in [5.74, 6) is 0.471. The molecule has 0 radical (unpaired) electrons. The molecular weight excluding hydrogens is 421 g/mol. The van der Waals surface area contributed by atoms with Gasteiger partial charge in [-0.3, -0.25) is 14.5 Å². The molecule has 0 saturated heterocycles. The second-order valence-corrected chi connectivity index (χ2v) is 9.50. The number of halogens is 2. The zero-order chi connectivity index (χ0) is 21.6. The van der Waals surface area contributed by atoms with Gasteiger partial charge >= 0.3 is 0 Å². The van der Waals surface area contributed by atoms with Crippen molar-refractivity contribution < 1.29 is 14.3 Å². The third-order valence-corrected chi connectivity index (χ3v) is 6.35. The first-order chi connectivity index (χ1) is 14.2. The standard InChI is InChI=1S/C24H23Cl2NO3/c1-24(2)12-20-23(21(28)13-24)17(14-4-7-16(30-3)8-5-14)11-22(29)27(20)19-9-6-15(25)10-18(19)26/h4-10,17H,11-13H2,1-3H3. The second kappa shape index (κ2) is 7.75. The number of carbonyl (C=O) groups is 2. The van der Waals surface area contributed by atoms with E-state index >= 15 is 0 Å². The highest BCUT2D eigenvalue weighted by Crippen LogP contribution is 2.49. The number of amides is 1. The molecule has 6 heteroatoms. The number of methoxy groups -OCH3 is 1. The van der Waals surface area contributed by atoms with Gasteiger partial charge in [0.2, 0.25) is 5.91 Å². The molecule has 1 unspecified atom stereocenters. The molecule has 4 rings (SSSR count). The summed E-state index contributed by atoms with van der Waals surface area (Å²) in [6.07, 6.45) is 1.27. The average Bonchev–Trinajstić information content (AvgIpc) is 2.67. The first kappa shape index (κ1) is 21.0. The Morgan fingerprint density at radius 2 is 1.73 bits per heavy atom. The van der Waals surface area contributed by atoms with Crippen molar-refractivity contribution in [3.63, 3.8) is 0 Å². The van der Waals surface area contributed by atoms with E-state index in [-0.39, 0.29) is 29.4 Å². The van der Waals surface area contributed by atoms with Gasteiger partial charge in [0, 0.05) is 35.1 Å². The highest BCUT2D eigenvalue weighted by molar-refractivity contribution is 6.37. The van der Waals surface area contributed by atoms with E-state index in [0.29, 0.717) is 34.1 Å². The Morgan fingerprint density at radius 3 is 2.37 bits per heavy atom. The minimum absolute atomic E-state index is 0.0794. The van der Waals surface area contributed by atoms with Crippen LogP contribution in [0.3, 0.4) is 0 Å². The Balaban J connectivity index is 1.88. The summed E-state index contributed by atoms with van der Waals surface area (Å²) in [5.41, 5.74) is 2.72. The normalized spacial score (nSPS) is 21.0. The largest absolute Gasteiger partial charge is 0.497 e. The molecule has 1 atom stereocenters. The number of hydrogen-bond donors (Lipinski definition) is 0. The SMILES string of the molecule is COc1ccc(C2CC(=O)N(c3ccc(Cl)cc3Cl)C3=C2C(=O)CC(C)(C)C3)cc1. The van der Waals surface area contributed by atoms with Crippen LogP contribution in [0, 0.1) is 5.41 Å². The van der Waals surface area contributed by atoms with Crippen LogP contribution in [0.2, 0.25) is 10.0 Å². The lowest BCUT2D eigenvalue weighted by molar-refractivity contribution is -0.121. The van der Waals surface area contributed by atoms with Gasteiger partial charge < -0.3 is 4.74 Å². The predicted molar refractivity (Wildman–Crippen MR) is 119 cm³/mol. The smallest absolute Gasteiger partial charge is 0.232 e. The maximum absolute atomic E-state index is 13.4. The lowest BCUT2D eigenvalue weighted by Gasteiger charge is -2.43. The molecule has 1 aliphatic carbocycles. The first-order valence-electron chi connectivity index (χ1n) is 9.88. The lowest BCUT2D eigenvalue weighted by Crippen LogP contribution is -2.43. The summed E-state index contributed by atoms with van der Waals surface area (Å²) in [4.78, 5) is 28.3. The molecule has 1 amide bonds. The third-order valence-electron chi connectivity index (χ3n) is 5.81. The molecule has 2 aromatic rings. The Bertz CT molecular complexity index is 1060. The summed E-state index contributed by atoms with van der Waals surface area (Å²) < 4.78 is 5.25. The second-order valence-electron chi connectivity index (χ2n) is 8.66. The third kappa shape index (κ3) is 3.75. The van der Waals surface area contributed by atoms with Gasteiger partial charge in [-0.25, -0.2) is 0 Å². The molecule has 0 N–H and O–H groups in total. The van der Waals surface area contributed by atoms with Crippen molar-refractivity contribution in [2.45, 2.75) is 39.0 Å². The molecule has 2 aliphatic rings. The maximum atomic E-state index is 13.4. The van der Waals surface area contributed by atoms with E-state index in [1.807, 2.05) is 24.3 Å². The van der Waals surface area contributed by atoms with Crippen LogP contribution in [0.25, 0.3) is 0 Å². The van der Waals surface area contributed by atoms with Crippen molar-refractivity contribution in [2.24, 2.45) is 5.41 Å². The lowest BCUT2D eigenvalue weighted by atomic mass is 9.69. The number of benzene rings is 2. The van der Waals surface area contributed by atoms with Crippen molar-refractivity contribution in [3.8, 4) is 5.75 Å². The molecule has 156 valence electrons. The number of carbonyl (C=O) groups excluding carboxylic acids is 2. The number of ether oxygens (including phenoxy) is 1. The number of Topliss-reactive ketones (excluding diaryl/α,β-unsaturated/α-hetero) is 1. The molecule has 1 heterocycles. The summed E-state index contributed by atoms with van der Waals surface area (Å²) in [6, 6.07) is 12.7. The fraction of sp³-hybridized carbons (Fsp3) is 0.333. The van der Waals surface area contributed by atoms with Gasteiger partial charge in [0.1, 0.15) is 5.75 Å². The van der Waals surface area contributed by atoms with Gasteiger partial charge in [0.05, 0.1) is 17.8 Å². The summed E-state index contributed by atoms with van der Waals surface area (Å²) in [5, 5.41) is 0.889. The van der Waals surface area contributed by atoms with Crippen LogP contribution in [-0.4, -0.2) is 18.8 Å². The van der Waals surface area contributed by atoms with Gasteiger partial charge in [-0.2, -0.15) is 0 Å². The maximum Gasteiger partial charge on any atom is 0.232 e. The summed E-state index contributed by atoms with van der Waals surface area (Å²) in [7, 11) is 1.61. The molecule has 4 nitrogen and oxygen atoms in total. The Hall–Kier alpha value is -2.30. The fourth-order valence-corrected chi connectivity index (χ4v) is 4.97. The van der Waals surface area contributed by atoms with E-state index in [1.165, 1.54) is 0 Å². The van der Waals surface area contributed by atoms with E-state index in [4.69, 9.17) is 27.9 Å². The summed E-state index contributed by atoms with van der Waals surface area (Å²) in [6.45, 7) is 4.11. The van der Waals surface area contributed by atoms with Crippen LogP contribution in [0.15, 0.2) is 53.7 Å². The number of hydrogen-bond acceptors (Lipinski definition) is 3. The molecule has 0 spiro atoms. The fourth-order valence-electron chi connectivity index (χ4n) is 4.48. The number of nitrogens with zero attached hydrogens (tertiary/aromatic N) is 1. The molecule has 0 aromatic heterocycles. The number of rotatable bonds is 3. The molecule has 2 aromatic carbocycles. The van der Waals surface area contributed by atoms with Crippen LogP contribution < -0.4 is 9.64 Å². The van der Waals surface area contributed by atoms with Crippen LogP contribution in [0.1, 0.15) is 44.6 Å². The monoisotopic (exact) mass is 443 g/mol. The van der Waals surface area contributed by atoms with Gasteiger partial charge in [0.15, 0.2) is 5.78 Å². The van der Waals surface area contributed by atoms with Crippen molar-refractivity contribution >= 4 is 40.6 Å². The van der Waals surface area contributed by atoms with Crippen molar-refractivity contribution in [2.75, 3.05) is 12.0 Å². The van der Waals surface area contributed by atoms with Gasteiger partial charge in [-0.1, -0.05) is 49.2 Å². The quantitative estimate of drug-likeness (QED) is 0.569. The minimum atomic E-state index is -0.274. The van der Waals surface area contributed by atoms with Gasteiger partial charge in [0.25, 0.3) is 0 Å². The number of anilines is 1. The number of allylic oxidation sites excluding steroid dienone is 2. The molecular formula is C24H23Cl2NO3. The van der Waals surface area contributed by atoms with Crippen molar-refractivity contribution in [1.82, 2.24) is 0 Å². The Labute approximate surface area is 186 Å². The Morgan fingerprint density at radius 1 is 1.03 bits per heavy atom. The molecule has 0 bridgehead atoms. The average molecular weight is 444 g/mol. The van der Waals surface area contributed by atoms with E-state index < -0.39 is 0 Å². The zero-order valence-corrected chi connectivity index (χ0v) is 18.7. The van der Waals surface area contributed by atoms with E-state index in [0.717, 1.165) is 17.0 Å². The van der Waals surface area contributed by atoms with Crippen LogP contribution in [0.4, 0.5) is 5.69 Å². The van der Waals surface area contributed by atoms with Crippen molar-refractivity contribution in [3.05, 3.63) is 69.3 Å². The minimum Gasteiger partial charge on any atom is -0.497 e. The van der Waals surface area contributed by atoms with E-state index in [1.54, 1.807) is 30.2 Å². The predicted octanol–water partition coefficient (Wildman–Crippen LogP) is 6.17. The number of ketones is 1.